The van der Waals surface area contributed by atoms with Crippen molar-refractivity contribution in [3.8, 4) is 0 Å². The van der Waals surface area contributed by atoms with Crippen molar-refractivity contribution in [3.63, 3.8) is 0 Å². The van der Waals surface area contributed by atoms with Crippen molar-refractivity contribution in [2.24, 2.45) is 0 Å². The average molecular weight is 172 g/mol. The molecule has 6 nitrogen and oxygen atoms in total. The fourth-order valence-corrected chi connectivity index (χ4v) is 0. The topological polar surface area (TPSA) is 148 Å². The van der Waals surface area contributed by atoms with Gasteiger partial charge in [0, 0.05) is 0 Å². The molecule has 0 unspecified atom stereocenters. The van der Waals surface area contributed by atoms with Gasteiger partial charge in [0.2, 0.25) is 0 Å². The molecular formula is H10KN2O4P. The molecule has 0 fully saturated rings. The fraction of sp³-hybridized carbons (Fsp3) is 0. The van der Waals surface area contributed by atoms with Crippen LogP contribution in [0.5, 0.6) is 0 Å². The van der Waals surface area contributed by atoms with Gasteiger partial charge in [-0.1, -0.05) is 0 Å². The summed E-state index contributed by atoms with van der Waals surface area (Å²) in [5.74, 6) is 0. The first-order chi connectivity index (χ1) is 2.00. The van der Waals surface area contributed by atoms with Crippen molar-refractivity contribution < 1.29 is 19.2 Å². The fourth-order valence-electron chi connectivity index (χ4n) is 0. The van der Waals surface area contributed by atoms with Gasteiger partial charge in [0.15, 0.2) is 0 Å². The summed E-state index contributed by atoms with van der Waals surface area (Å²) in [5, 5.41) is 0. The van der Waals surface area contributed by atoms with Gasteiger partial charge in [-0.2, -0.15) is 0 Å². The summed E-state index contributed by atoms with van der Waals surface area (Å²) in [6.45, 7) is 0. The number of phosphoric acid groups is 1. The van der Waals surface area contributed by atoms with E-state index < -0.39 is 7.82 Å². The van der Waals surface area contributed by atoms with Crippen LogP contribution in [0.3, 0.4) is 0 Å². The maximum absolute atomic E-state index is 8.88. The van der Waals surface area contributed by atoms with Crippen LogP contribution in [0.25, 0.3) is 0 Å². The van der Waals surface area contributed by atoms with Crippen LogP contribution in [0.2, 0.25) is 0 Å². The number of hydrogen-bond acceptors (Lipinski definition) is 3. The van der Waals surface area contributed by atoms with E-state index in [4.69, 9.17) is 19.2 Å². The minimum atomic E-state index is -4.64. The van der Waals surface area contributed by atoms with Gasteiger partial charge in [0.05, 0.1) is 0 Å². The molecule has 8 heavy (non-hydrogen) atoms. The van der Waals surface area contributed by atoms with Crippen molar-refractivity contribution in [3.05, 3.63) is 0 Å². The van der Waals surface area contributed by atoms with Crippen LogP contribution in [0.15, 0.2) is 0 Å². The van der Waals surface area contributed by atoms with Gasteiger partial charge in [-0.15, -0.1) is 0 Å². The van der Waals surface area contributed by atoms with Gasteiger partial charge in [-0.25, -0.2) is 4.57 Å². The molecule has 0 amide bonds. The van der Waals surface area contributed by atoms with Gasteiger partial charge in [-0.05, 0) is 0 Å². The van der Waals surface area contributed by atoms with Crippen molar-refractivity contribution >= 4 is 59.2 Å². The zero-order valence-electron chi connectivity index (χ0n) is 3.61. The molecule has 0 aliphatic heterocycles. The number of hydrogen-bond donors (Lipinski definition) is 5. The van der Waals surface area contributed by atoms with Crippen molar-refractivity contribution in [2.75, 3.05) is 0 Å². The summed E-state index contributed by atoms with van der Waals surface area (Å²) in [4.78, 5) is 21.6. The van der Waals surface area contributed by atoms with E-state index in [-0.39, 0.29) is 63.7 Å². The van der Waals surface area contributed by atoms with Gasteiger partial charge < -0.3 is 27.0 Å². The maximum atomic E-state index is 8.88. The van der Waals surface area contributed by atoms with Crippen LogP contribution in [-0.4, -0.2) is 66.1 Å². The van der Waals surface area contributed by atoms with Crippen LogP contribution in [0.4, 0.5) is 0 Å². The number of rotatable bonds is 0. The molecule has 0 heterocycles. The Hall–Kier alpha value is 1.67. The van der Waals surface area contributed by atoms with E-state index in [9.17, 15) is 0 Å². The predicted octanol–water partition coefficient (Wildman–Crippen LogP) is -1.25. The van der Waals surface area contributed by atoms with Crippen LogP contribution in [0, 0.1) is 0 Å². The molecule has 0 aromatic carbocycles. The van der Waals surface area contributed by atoms with Crippen LogP contribution < -0.4 is 12.3 Å². The summed E-state index contributed by atoms with van der Waals surface area (Å²) in [6, 6.07) is 0. The van der Waals surface area contributed by atoms with Gasteiger partial charge in [0.25, 0.3) is 0 Å². The Morgan fingerprint density at radius 1 is 1.00 bits per heavy atom. The summed E-state index contributed by atoms with van der Waals surface area (Å²) >= 11 is 0. The van der Waals surface area contributed by atoms with E-state index >= 15 is 0 Å². The molecule has 0 spiro atoms. The molecular weight excluding hydrogens is 162 g/mol. The van der Waals surface area contributed by atoms with Gasteiger partial charge in [0.1, 0.15) is 0 Å². The third-order valence-electron chi connectivity index (χ3n) is 0. The molecule has 0 radical (unpaired) electrons. The van der Waals surface area contributed by atoms with E-state index in [0.29, 0.717) is 0 Å². The molecule has 0 atom stereocenters. The standard InChI is InChI=1S/K.2H3N.H3O4P.H/c;;;1-5(2,3)4;/h;2*1H3;(H3,1,2,3,4);. The van der Waals surface area contributed by atoms with Crippen LogP contribution >= 0.6 is 7.82 Å². The minimum absolute atomic E-state index is 0. The molecule has 0 aliphatic carbocycles. The van der Waals surface area contributed by atoms with E-state index in [2.05, 4.69) is 0 Å². The molecule has 0 rings (SSSR count). The Morgan fingerprint density at radius 2 is 1.00 bits per heavy atom. The van der Waals surface area contributed by atoms with Gasteiger partial charge in [-0.3, -0.25) is 0 Å². The average Bonchev–Trinajstić information content (AvgIpc) is 0.722. The SMILES string of the molecule is N.N.O=P(O)(O)O.[KH]. The molecule has 0 saturated carbocycles. The first-order valence-corrected chi connectivity index (χ1v) is 2.35. The molecule has 8 heteroatoms. The van der Waals surface area contributed by atoms with Crippen LogP contribution in [-0.2, 0) is 4.57 Å². The second-order valence-electron chi connectivity index (χ2n) is 0.513. The molecule has 0 bridgehead atoms. The first kappa shape index (κ1) is 22.6. The summed E-state index contributed by atoms with van der Waals surface area (Å²) < 4.78 is 8.88. The molecule has 0 saturated heterocycles. The third-order valence-corrected chi connectivity index (χ3v) is 0. The molecule has 50 valence electrons. The molecule has 9 N–H and O–H groups in total. The third kappa shape index (κ3) is 123. The Bertz CT molecular complexity index is 60.2. The van der Waals surface area contributed by atoms with Crippen molar-refractivity contribution in [1.82, 2.24) is 12.3 Å². The first-order valence-electron chi connectivity index (χ1n) is 0.783. The quantitative estimate of drug-likeness (QED) is 0.227. The van der Waals surface area contributed by atoms with E-state index in [1.807, 2.05) is 0 Å². The summed E-state index contributed by atoms with van der Waals surface area (Å²) in [7, 11) is -4.64. The Labute approximate surface area is 89.5 Å². The van der Waals surface area contributed by atoms with Gasteiger partial charge >= 0.3 is 59.2 Å². The molecule has 0 aromatic rings. The molecule has 0 aromatic heterocycles. The van der Waals surface area contributed by atoms with Crippen molar-refractivity contribution in [2.45, 2.75) is 0 Å². The Balaban J connectivity index is -0.0000000267. The Kier molecular flexibility index (Phi) is 24.5. The second kappa shape index (κ2) is 8.67. The Morgan fingerprint density at radius 3 is 1.00 bits per heavy atom. The van der Waals surface area contributed by atoms with E-state index in [1.54, 1.807) is 0 Å². The van der Waals surface area contributed by atoms with E-state index in [1.165, 1.54) is 0 Å². The summed E-state index contributed by atoms with van der Waals surface area (Å²) in [5.41, 5.74) is 0. The summed E-state index contributed by atoms with van der Waals surface area (Å²) in [6.07, 6.45) is 0. The normalized spacial score (nSPS) is 7.38. The zero-order chi connectivity index (χ0) is 4.50. The molecule has 0 aliphatic rings. The van der Waals surface area contributed by atoms with Crippen LogP contribution in [0.1, 0.15) is 0 Å². The van der Waals surface area contributed by atoms with Crippen molar-refractivity contribution in [1.29, 1.82) is 0 Å². The van der Waals surface area contributed by atoms with E-state index in [0.717, 1.165) is 0 Å². The second-order valence-corrected chi connectivity index (χ2v) is 1.54. The predicted molar refractivity (Wildman–Crippen MR) is 31.5 cm³/mol. The zero-order valence-corrected chi connectivity index (χ0v) is 4.51. The monoisotopic (exact) mass is 172 g/mol.